The van der Waals surface area contributed by atoms with Gasteiger partial charge in [-0.25, -0.2) is 4.68 Å². The number of hydrogen-bond acceptors (Lipinski definition) is 5. The summed E-state index contributed by atoms with van der Waals surface area (Å²) in [5, 5.41) is 10.8. The van der Waals surface area contributed by atoms with Crippen LogP contribution in [0.5, 0.6) is 0 Å². The Balaban J connectivity index is 1.58. The lowest BCUT2D eigenvalue weighted by atomic mass is 9.85. The first-order valence-corrected chi connectivity index (χ1v) is 6.67. The van der Waals surface area contributed by atoms with Crippen LogP contribution in [0.4, 0.5) is 0 Å². The second-order valence-electron chi connectivity index (χ2n) is 4.87. The van der Waals surface area contributed by atoms with E-state index in [-0.39, 0.29) is 17.7 Å². The molecule has 0 unspecified atom stereocenters. The summed E-state index contributed by atoms with van der Waals surface area (Å²) in [6.45, 7) is 0. The molecule has 1 fully saturated rings. The van der Waals surface area contributed by atoms with Crippen LogP contribution in [0.3, 0.4) is 0 Å². The van der Waals surface area contributed by atoms with Gasteiger partial charge in [-0.2, -0.15) is 0 Å². The van der Waals surface area contributed by atoms with Gasteiger partial charge < -0.3 is 0 Å². The van der Waals surface area contributed by atoms with E-state index < -0.39 is 0 Å². The summed E-state index contributed by atoms with van der Waals surface area (Å²) in [5.41, 5.74) is 6.06. The first kappa shape index (κ1) is 13.2. The van der Waals surface area contributed by atoms with Crippen molar-refractivity contribution in [1.29, 1.82) is 0 Å². The predicted octanol–water partition coefficient (Wildman–Crippen LogP) is 0.223. The van der Waals surface area contributed by atoms with Crippen molar-refractivity contribution in [2.45, 2.75) is 19.3 Å². The Hall–Kier alpha value is -2.77. The quantitative estimate of drug-likeness (QED) is 0.786. The van der Waals surface area contributed by atoms with Crippen molar-refractivity contribution < 1.29 is 9.59 Å². The number of aromatic nitrogens is 4. The van der Waals surface area contributed by atoms with Gasteiger partial charge in [-0.15, -0.1) is 5.10 Å². The molecule has 0 radical (unpaired) electrons. The average molecular weight is 286 g/mol. The number of amides is 2. The Morgan fingerprint density at radius 3 is 2.48 bits per heavy atom. The lowest BCUT2D eigenvalue weighted by Crippen LogP contribution is -2.46. The molecule has 1 saturated carbocycles. The molecule has 0 bridgehead atoms. The second kappa shape index (κ2) is 5.70. The fourth-order valence-corrected chi connectivity index (χ4v) is 2.01. The van der Waals surface area contributed by atoms with E-state index in [0.29, 0.717) is 5.56 Å². The van der Waals surface area contributed by atoms with Crippen LogP contribution in [0.2, 0.25) is 0 Å². The third-order valence-corrected chi connectivity index (χ3v) is 3.52. The molecule has 2 N–H and O–H groups in total. The lowest BCUT2D eigenvalue weighted by Gasteiger charge is -2.23. The zero-order valence-electron chi connectivity index (χ0n) is 11.2. The second-order valence-corrected chi connectivity index (χ2v) is 4.87. The lowest BCUT2D eigenvalue weighted by molar-refractivity contribution is -0.128. The van der Waals surface area contributed by atoms with Gasteiger partial charge in [0.2, 0.25) is 5.91 Å². The topological polar surface area (TPSA) is 102 Å². The van der Waals surface area contributed by atoms with Crippen LogP contribution < -0.4 is 10.9 Å². The first-order chi connectivity index (χ1) is 10.2. The van der Waals surface area contributed by atoms with E-state index in [1.807, 2.05) is 0 Å². The molecule has 21 heavy (non-hydrogen) atoms. The molecule has 0 atom stereocenters. The molecule has 1 aliphatic rings. The number of hydrogen-bond donors (Lipinski definition) is 2. The Morgan fingerprint density at radius 1 is 1.14 bits per heavy atom. The molecule has 1 aliphatic carbocycles. The maximum Gasteiger partial charge on any atom is 0.269 e. The fraction of sp³-hybridized carbons (Fsp3) is 0.308. The Morgan fingerprint density at radius 2 is 1.90 bits per heavy atom. The number of hydrazine groups is 1. The van der Waals surface area contributed by atoms with Gasteiger partial charge in [-0.1, -0.05) is 6.42 Å². The number of carbonyl (C=O) groups is 2. The molecule has 8 nitrogen and oxygen atoms in total. The maximum atomic E-state index is 11.9. The highest BCUT2D eigenvalue weighted by Crippen LogP contribution is 2.25. The number of rotatable bonds is 3. The highest BCUT2D eigenvalue weighted by Gasteiger charge is 2.25. The third-order valence-electron chi connectivity index (χ3n) is 3.52. The van der Waals surface area contributed by atoms with E-state index >= 15 is 0 Å². The molecule has 0 aliphatic heterocycles. The van der Waals surface area contributed by atoms with Crippen LogP contribution in [0.1, 0.15) is 29.6 Å². The molecule has 3 rings (SSSR count). The van der Waals surface area contributed by atoms with Crippen molar-refractivity contribution in [2.24, 2.45) is 5.92 Å². The Labute approximate surface area is 120 Å². The Bertz CT molecular complexity index is 633. The highest BCUT2D eigenvalue weighted by atomic mass is 16.2. The first-order valence-electron chi connectivity index (χ1n) is 6.67. The monoisotopic (exact) mass is 286 g/mol. The SMILES string of the molecule is O=C(NNC(=O)C1CCC1)c1ccc(-n2cnnn2)cc1. The van der Waals surface area contributed by atoms with Crippen molar-refractivity contribution in [3.05, 3.63) is 36.2 Å². The van der Waals surface area contributed by atoms with Crippen molar-refractivity contribution in [3.63, 3.8) is 0 Å². The van der Waals surface area contributed by atoms with Gasteiger partial charge in [0.1, 0.15) is 6.33 Å². The van der Waals surface area contributed by atoms with Gasteiger partial charge >= 0.3 is 0 Å². The van der Waals surface area contributed by atoms with Crippen LogP contribution in [0.25, 0.3) is 5.69 Å². The summed E-state index contributed by atoms with van der Waals surface area (Å²) < 4.78 is 1.49. The van der Waals surface area contributed by atoms with Crippen molar-refractivity contribution >= 4 is 11.8 Å². The van der Waals surface area contributed by atoms with E-state index in [4.69, 9.17) is 0 Å². The molecule has 1 aromatic heterocycles. The summed E-state index contributed by atoms with van der Waals surface area (Å²) in [7, 11) is 0. The highest BCUT2D eigenvalue weighted by molar-refractivity contribution is 5.95. The minimum absolute atomic E-state index is 0.0347. The van der Waals surface area contributed by atoms with Gasteiger partial charge in [-0.05, 0) is 47.5 Å². The standard InChI is InChI=1S/C13H14N6O2/c20-12(9-2-1-3-9)15-16-13(21)10-4-6-11(7-5-10)19-8-14-17-18-19/h4-9H,1-3H2,(H,15,20)(H,16,21). The van der Waals surface area contributed by atoms with Crippen molar-refractivity contribution in [2.75, 3.05) is 0 Å². The number of nitrogens with zero attached hydrogens (tertiary/aromatic N) is 4. The summed E-state index contributed by atoms with van der Waals surface area (Å²) in [6, 6.07) is 6.72. The molecule has 2 aromatic rings. The Kier molecular flexibility index (Phi) is 3.59. The third kappa shape index (κ3) is 2.88. The van der Waals surface area contributed by atoms with E-state index in [9.17, 15) is 9.59 Å². The van der Waals surface area contributed by atoms with Gasteiger partial charge in [-0.3, -0.25) is 20.4 Å². The van der Waals surface area contributed by atoms with Crippen LogP contribution in [-0.4, -0.2) is 32.0 Å². The van der Waals surface area contributed by atoms with Gasteiger partial charge in [0.25, 0.3) is 5.91 Å². The predicted molar refractivity (Wildman–Crippen MR) is 72.1 cm³/mol. The summed E-state index contributed by atoms with van der Waals surface area (Å²) in [6.07, 6.45) is 4.32. The smallest absolute Gasteiger partial charge is 0.269 e. The maximum absolute atomic E-state index is 11.9. The molecule has 1 aromatic carbocycles. The zero-order valence-corrected chi connectivity index (χ0v) is 11.2. The molecule has 8 heteroatoms. The van der Waals surface area contributed by atoms with E-state index in [0.717, 1.165) is 24.9 Å². The zero-order chi connectivity index (χ0) is 14.7. The summed E-state index contributed by atoms with van der Waals surface area (Å²) in [5.74, 6) is -0.446. The normalized spacial score (nSPS) is 14.3. The van der Waals surface area contributed by atoms with E-state index in [1.165, 1.54) is 11.0 Å². The number of tetrazole rings is 1. The van der Waals surface area contributed by atoms with Gasteiger partial charge in [0, 0.05) is 11.5 Å². The van der Waals surface area contributed by atoms with Crippen LogP contribution >= 0.6 is 0 Å². The fourth-order valence-electron chi connectivity index (χ4n) is 2.01. The summed E-state index contributed by atoms with van der Waals surface area (Å²) in [4.78, 5) is 23.5. The van der Waals surface area contributed by atoms with Crippen LogP contribution in [0.15, 0.2) is 30.6 Å². The molecule has 1 heterocycles. The van der Waals surface area contributed by atoms with Crippen molar-refractivity contribution in [3.8, 4) is 5.69 Å². The van der Waals surface area contributed by atoms with E-state index in [2.05, 4.69) is 26.4 Å². The van der Waals surface area contributed by atoms with Gasteiger partial charge in [0.15, 0.2) is 0 Å². The largest absolute Gasteiger partial charge is 0.273 e. The summed E-state index contributed by atoms with van der Waals surface area (Å²) >= 11 is 0. The number of benzene rings is 1. The molecule has 0 saturated heterocycles. The van der Waals surface area contributed by atoms with Crippen LogP contribution in [0, 0.1) is 5.92 Å². The average Bonchev–Trinajstić information content (AvgIpc) is 2.97. The molecular formula is C13H14N6O2. The number of carbonyl (C=O) groups excluding carboxylic acids is 2. The molecule has 0 spiro atoms. The van der Waals surface area contributed by atoms with Crippen LogP contribution in [-0.2, 0) is 4.79 Å². The molecule has 2 amide bonds. The molecular weight excluding hydrogens is 272 g/mol. The minimum Gasteiger partial charge on any atom is -0.273 e. The van der Waals surface area contributed by atoms with E-state index in [1.54, 1.807) is 24.3 Å². The van der Waals surface area contributed by atoms with Crippen molar-refractivity contribution in [1.82, 2.24) is 31.1 Å². The van der Waals surface area contributed by atoms with Gasteiger partial charge in [0.05, 0.1) is 5.69 Å². The number of nitrogens with one attached hydrogen (secondary N) is 2. The minimum atomic E-state index is -0.356. The molecule has 108 valence electrons.